The minimum absolute atomic E-state index is 0.0357. The summed E-state index contributed by atoms with van der Waals surface area (Å²) in [6.45, 7) is 4.41. The number of nitrogens with zero attached hydrogens (tertiary/aromatic N) is 2. The molecule has 2 unspecified atom stereocenters. The smallest absolute Gasteiger partial charge is 0.241 e. The average molecular weight is 362 g/mol. The Kier molecular flexibility index (Phi) is 4.15. The van der Waals surface area contributed by atoms with Gasteiger partial charge in [0, 0.05) is 17.8 Å². The number of hydrogen-bond acceptors (Lipinski definition) is 4. The van der Waals surface area contributed by atoms with Crippen LogP contribution < -0.4 is 4.90 Å². The summed E-state index contributed by atoms with van der Waals surface area (Å²) >= 11 is 0. The summed E-state index contributed by atoms with van der Waals surface area (Å²) in [5, 5.41) is 0. The van der Waals surface area contributed by atoms with E-state index >= 15 is 0 Å². The molecule has 4 rings (SSSR count). The highest BCUT2D eigenvalue weighted by Gasteiger charge is 2.51. The lowest BCUT2D eigenvalue weighted by molar-refractivity contribution is -0.124. The van der Waals surface area contributed by atoms with Gasteiger partial charge in [0.25, 0.3) is 0 Å². The fraction of sp³-hybridized carbons (Fsp3) is 0.632. The van der Waals surface area contributed by atoms with Crippen molar-refractivity contribution in [1.82, 2.24) is 4.90 Å². The van der Waals surface area contributed by atoms with Crippen molar-refractivity contribution in [2.24, 2.45) is 0 Å². The minimum atomic E-state index is -3.11. The third-order valence-electron chi connectivity index (χ3n) is 6.20. The Morgan fingerprint density at radius 3 is 2.36 bits per heavy atom. The van der Waals surface area contributed by atoms with Crippen LogP contribution in [-0.2, 0) is 14.6 Å². The lowest BCUT2D eigenvalue weighted by atomic mass is 9.99. The van der Waals surface area contributed by atoms with Crippen LogP contribution in [0.5, 0.6) is 0 Å². The minimum Gasteiger partial charge on any atom is -0.306 e. The number of hydrogen-bond donors (Lipinski definition) is 0. The second-order valence-electron chi connectivity index (χ2n) is 7.85. The molecule has 2 saturated heterocycles. The second kappa shape index (κ2) is 6.09. The zero-order valence-electron chi connectivity index (χ0n) is 14.9. The zero-order chi connectivity index (χ0) is 17.8. The van der Waals surface area contributed by atoms with Gasteiger partial charge >= 0.3 is 0 Å². The molecule has 3 fully saturated rings. The summed E-state index contributed by atoms with van der Waals surface area (Å²) in [5.74, 6) is 0.302. The van der Waals surface area contributed by atoms with Gasteiger partial charge in [-0.3, -0.25) is 9.69 Å². The van der Waals surface area contributed by atoms with Gasteiger partial charge in [0.15, 0.2) is 9.84 Å². The maximum atomic E-state index is 13.0. The molecule has 0 N–H and O–H groups in total. The molecule has 0 aromatic heterocycles. The first-order valence-electron chi connectivity index (χ1n) is 9.21. The lowest BCUT2D eigenvalue weighted by Gasteiger charge is -2.46. The van der Waals surface area contributed by atoms with Gasteiger partial charge in [-0.2, -0.15) is 0 Å². The Labute approximate surface area is 149 Å². The van der Waals surface area contributed by atoms with E-state index in [-0.39, 0.29) is 29.5 Å². The maximum Gasteiger partial charge on any atom is 0.241 e. The van der Waals surface area contributed by atoms with Crippen molar-refractivity contribution in [1.29, 1.82) is 0 Å². The highest BCUT2D eigenvalue weighted by Crippen LogP contribution is 2.36. The summed E-state index contributed by atoms with van der Waals surface area (Å²) in [5.41, 5.74) is 3.14. The molecule has 0 spiro atoms. The molecule has 1 amide bonds. The second-order valence-corrected chi connectivity index (χ2v) is 10.0. The van der Waals surface area contributed by atoms with Crippen LogP contribution >= 0.6 is 0 Å². The van der Waals surface area contributed by atoms with Crippen LogP contribution in [0.15, 0.2) is 18.2 Å². The van der Waals surface area contributed by atoms with Gasteiger partial charge in [-0.05, 0) is 49.9 Å². The highest BCUT2D eigenvalue weighted by molar-refractivity contribution is 7.91. The topological polar surface area (TPSA) is 57.7 Å². The van der Waals surface area contributed by atoms with E-state index in [1.807, 2.05) is 32.0 Å². The summed E-state index contributed by atoms with van der Waals surface area (Å²) in [6.07, 6.45) is 4.53. The average Bonchev–Trinajstić information content (AvgIpc) is 3.16. The Morgan fingerprint density at radius 1 is 1.00 bits per heavy atom. The quantitative estimate of drug-likeness (QED) is 0.808. The van der Waals surface area contributed by atoms with Crippen molar-refractivity contribution in [3.05, 3.63) is 29.3 Å². The molecule has 2 aliphatic heterocycles. The fourth-order valence-electron chi connectivity index (χ4n) is 4.76. The number of carbonyl (C=O) groups is 1. The maximum absolute atomic E-state index is 13.0. The number of benzene rings is 1. The third-order valence-corrected chi connectivity index (χ3v) is 7.90. The van der Waals surface area contributed by atoms with E-state index in [1.165, 1.54) is 18.4 Å². The van der Waals surface area contributed by atoms with Gasteiger partial charge in [0.1, 0.15) is 0 Å². The first-order valence-corrected chi connectivity index (χ1v) is 11.0. The van der Waals surface area contributed by atoms with Gasteiger partial charge < -0.3 is 4.90 Å². The van der Waals surface area contributed by atoms with E-state index in [1.54, 1.807) is 4.90 Å². The van der Waals surface area contributed by atoms with Crippen LogP contribution in [-0.4, -0.2) is 55.4 Å². The summed E-state index contributed by atoms with van der Waals surface area (Å²) in [7, 11) is -3.11. The largest absolute Gasteiger partial charge is 0.306 e. The number of carbonyl (C=O) groups excluding carboxylic acids is 1. The number of sulfone groups is 1. The van der Waals surface area contributed by atoms with Gasteiger partial charge in [0.05, 0.1) is 24.1 Å². The molecule has 5 nitrogen and oxygen atoms in total. The van der Waals surface area contributed by atoms with E-state index in [9.17, 15) is 13.2 Å². The van der Waals surface area contributed by atoms with Crippen LogP contribution in [0.4, 0.5) is 5.69 Å². The van der Waals surface area contributed by atoms with Crippen LogP contribution in [0, 0.1) is 13.8 Å². The molecule has 6 heteroatoms. The predicted molar refractivity (Wildman–Crippen MR) is 98.6 cm³/mol. The highest BCUT2D eigenvalue weighted by atomic mass is 32.2. The summed E-state index contributed by atoms with van der Waals surface area (Å²) < 4.78 is 24.8. The predicted octanol–water partition coefficient (Wildman–Crippen LogP) is 2.06. The molecule has 1 aromatic rings. The Hall–Kier alpha value is -1.40. The van der Waals surface area contributed by atoms with Crippen LogP contribution in [0.1, 0.15) is 36.8 Å². The number of fused-ring (bicyclic) bond motifs is 1. The first kappa shape index (κ1) is 17.0. The van der Waals surface area contributed by atoms with E-state index in [2.05, 4.69) is 4.90 Å². The van der Waals surface area contributed by atoms with Crippen molar-refractivity contribution in [3.8, 4) is 0 Å². The molecule has 1 aliphatic carbocycles. The van der Waals surface area contributed by atoms with Crippen molar-refractivity contribution in [2.45, 2.75) is 57.7 Å². The zero-order valence-corrected chi connectivity index (χ0v) is 15.8. The Bertz CT molecular complexity index is 799. The monoisotopic (exact) mass is 362 g/mol. The summed E-state index contributed by atoms with van der Waals surface area (Å²) in [6, 6.07) is 6.03. The van der Waals surface area contributed by atoms with Gasteiger partial charge in [-0.15, -0.1) is 0 Å². The number of amides is 1. The normalized spacial score (nSPS) is 30.0. The molecule has 2 heterocycles. The standard InChI is InChI=1S/C19H26N2O3S/c1-13-7-8-16(9-14(13)2)21-18-12-25(23,24)11-17(18)20(10-19(21)22)15-5-3-4-6-15/h7-9,15,17-18H,3-6,10-12H2,1-2H3. The van der Waals surface area contributed by atoms with Crippen molar-refractivity contribution >= 4 is 21.4 Å². The third kappa shape index (κ3) is 2.99. The number of aryl methyl sites for hydroxylation is 2. The van der Waals surface area contributed by atoms with E-state index in [0.717, 1.165) is 24.1 Å². The van der Waals surface area contributed by atoms with E-state index < -0.39 is 9.84 Å². The van der Waals surface area contributed by atoms with Gasteiger partial charge in [-0.1, -0.05) is 18.9 Å². The summed E-state index contributed by atoms with van der Waals surface area (Å²) in [4.78, 5) is 17.0. The first-order chi connectivity index (χ1) is 11.9. The van der Waals surface area contributed by atoms with Gasteiger partial charge in [-0.25, -0.2) is 8.42 Å². The number of rotatable bonds is 2. The Morgan fingerprint density at radius 2 is 1.68 bits per heavy atom. The molecule has 136 valence electrons. The Balaban J connectivity index is 1.71. The van der Waals surface area contributed by atoms with Gasteiger partial charge in [0.2, 0.25) is 5.91 Å². The molecule has 0 bridgehead atoms. The molecular formula is C19H26N2O3S. The van der Waals surface area contributed by atoms with Crippen molar-refractivity contribution in [2.75, 3.05) is 23.0 Å². The SMILES string of the molecule is Cc1ccc(N2C(=O)CN(C3CCCC3)C3CS(=O)(=O)CC32)cc1C. The van der Waals surface area contributed by atoms with E-state index in [0.29, 0.717) is 12.6 Å². The fourth-order valence-corrected chi connectivity index (χ4v) is 6.72. The molecule has 25 heavy (non-hydrogen) atoms. The van der Waals surface area contributed by atoms with Crippen molar-refractivity contribution in [3.63, 3.8) is 0 Å². The molecule has 1 aromatic carbocycles. The van der Waals surface area contributed by atoms with Crippen LogP contribution in [0.2, 0.25) is 0 Å². The van der Waals surface area contributed by atoms with Crippen LogP contribution in [0.3, 0.4) is 0 Å². The molecular weight excluding hydrogens is 336 g/mol. The molecule has 1 saturated carbocycles. The number of anilines is 1. The molecule has 3 aliphatic rings. The van der Waals surface area contributed by atoms with E-state index in [4.69, 9.17) is 0 Å². The van der Waals surface area contributed by atoms with Crippen LogP contribution in [0.25, 0.3) is 0 Å². The molecule has 0 radical (unpaired) electrons. The number of piperazine rings is 1. The van der Waals surface area contributed by atoms with Crippen molar-refractivity contribution < 1.29 is 13.2 Å². The lowest BCUT2D eigenvalue weighted by Crippen LogP contribution is -2.64. The molecule has 2 atom stereocenters.